The van der Waals surface area contributed by atoms with E-state index < -0.39 is 0 Å². The van der Waals surface area contributed by atoms with Gasteiger partial charge in [0.1, 0.15) is 0 Å². The van der Waals surface area contributed by atoms with Crippen LogP contribution < -0.4 is 21.2 Å². The number of benzene rings is 1. The van der Waals surface area contributed by atoms with Crippen molar-refractivity contribution in [2.75, 3.05) is 0 Å². The summed E-state index contributed by atoms with van der Waals surface area (Å²) in [5.41, 5.74) is 2.60. The Hall–Kier alpha value is -0.250. The molecule has 1 aromatic rings. The summed E-state index contributed by atoms with van der Waals surface area (Å²) in [7, 11) is 0. The van der Waals surface area contributed by atoms with Gasteiger partial charge in [-0.05, 0) is 0 Å². The maximum absolute atomic E-state index is 9.35. The van der Waals surface area contributed by atoms with Gasteiger partial charge in [-0.3, -0.25) is 0 Å². The number of alkyl halides is 2. The molecule has 2 rings (SSSR count). The summed E-state index contributed by atoms with van der Waals surface area (Å²) in [6.07, 6.45) is 0. The van der Waals surface area contributed by atoms with Gasteiger partial charge >= 0.3 is 70.2 Å². The fourth-order valence-electron chi connectivity index (χ4n) is 1.14. The van der Waals surface area contributed by atoms with Crippen LogP contribution in [0.25, 0.3) is 0 Å². The predicted molar refractivity (Wildman–Crippen MR) is 35.5 cm³/mol. The third-order valence-corrected chi connectivity index (χ3v) is 4.38. The van der Waals surface area contributed by atoms with E-state index in [0.717, 1.165) is 0 Å². The molecule has 1 aromatic carbocycles. The molecule has 1 nitrogen and oxygen atoms in total. The zero-order chi connectivity index (χ0) is 6.97. The zero-order valence-corrected chi connectivity index (χ0v) is 7.63. The molecule has 0 spiro atoms. The van der Waals surface area contributed by atoms with E-state index in [4.69, 9.17) is 0 Å². The van der Waals surface area contributed by atoms with Crippen LogP contribution in [0.4, 0.5) is 0 Å². The summed E-state index contributed by atoms with van der Waals surface area (Å²) in [6, 6.07) is 5.85. The van der Waals surface area contributed by atoms with Crippen LogP contribution in [0.1, 0.15) is 11.1 Å². The van der Waals surface area contributed by atoms with Crippen molar-refractivity contribution >= 4 is 0 Å². The molecule has 0 saturated carbocycles. The molecular formula is C8H8IO-. The zero-order valence-electron chi connectivity index (χ0n) is 5.47. The third kappa shape index (κ3) is 0.905. The van der Waals surface area contributed by atoms with Crippen LogP contribution in [0.3, 0.4) is 0 Å². The summed E-state index contributed by atoms with van der Waals surface area (Å²) in [6.45, 7) is 0. The van der Waals surface area contributed by atoms with Crippen LogP contribution >= 0.6 is 0 Å². The average molecular weight is 247 g/mol. The minimum atomic E-state index is 0.336. The van der Waals surface area contributed by atoms with E-state index in [0.29, 0.717) is 27.0 Å². The number of rotatable bonds is 0. The van der Waals surface area contributed by atoms with E-state index in [1.165, 1.54) is 20.0 Å². The third-order valence-electron chi connectivity index (χ3n) is 1.71. The number of halogens is 1. The van der Waals surface area contributed by atoms with Crippen molar-refractivity contribution in [3.05, 3.63) is 29.3 Å². The van der Waals surface area contributed by atoms with E-state index in [1.54, 1.807) is 6.07 Å². The number of aromatic hydroxyl groups is 1. The molecule has 1 aliphatic heterocycles. The van der Waals surface area contributed by atoms with Gasteiger partial charge in [0, 0.05) is 0 Å². The second-order valence-electron chi connectivity index (χ2n) is 2.37. The van der Waals surface area contributed by atoms with Crippen molar-refractivity contribution in [3.63, 3.8) is 0 Å². The second-order valence-corrected chi connectivity index (χ2v) is 4.98. The fraction of sp³-hybridized carbons (Fsp3) is 0.250. The van der Waals surface area contributed by atoms with Gasteiger partial charge in [0.2, 0.25) is 0 Å². The molecule has 0 unspecified atom stereocenters. The van der Waals surface area contributed by atoms with Gasteiger partial charge < -0.3 is 0 Å². The Bertz CT molecular complexity index is 257. The van der Waals surface area contributed by atoms with Gasteiger partial charge in [0.25, 0.3) is 0 Å². The fourth-order valence-corrected chi connectivity index (χ4v) is 4.13. The Morgan fingerprint density at radius 1 is 1.30 bits per heavy atom. The molecule has 10 heavy (non-hydrogen) atoms. The molecular weight excluding hydrogens is 239 g/mol. The van der Waals surface area contributed by atoms with Crippen LogP contribution in [0.2, 0.25) is 0 Å². The summed E-state index contributed by atoms with van der Waals surface area (Å²) < 4.78 is 2.42. The molecule has 0 radical (unpaired) electrons. The Morgan fingerprint density at radius 3 is 3.00 bits per heavy atom. The Kier molecular flexibility index (Phi) is 1.56. The van der Waals surface area contributed by atoms with Crippen molar-refractivity contribution < 1.29 is 26.3 Å². The number of hydrogen-bond donors (Lipinski definition) is 1. The van der Waals surface area contributed by atoms with Crippen LogP contribution in [0.15, 0.2) is 18.2 Å². The molecule has 54 valence electrons. The summed E-state index contributed by atoms with van der Waals surface area (Å²) >= 11 is 0.336. The van der Waals surface area contributed by atoms with Crippen molar-refractivity contribution in [2.24, 2.45) is 0 Å². The molecule has 1 heterocycles. The quantitative estimate of drug-likeness (QED) is 0.437. The first-order valence-corrected chi connectivity index (χ1v) is 6.26. The standard InChI is InChI=1S/C8H8IO/c10-8-3-1-2-6-4-9-5-7(6)8/h1-3,10H,4-5H2/q-1. The summed E-state index contributed by atoms with van der Waals surface area (Å²) in [5.74, 6) is 0.509. The molecule has 0 bridgehead atoms. The number of hydrogen-bond acceptors (Lipinski definition) is 1. The van der Waals surface area contributed by atoms with Crippen molar-refractivity contribution in [2.45, 2.75) is 8.86 Å². The molecule has 0 atom stereocenters. The summed E-state index contributed by atoms with van der Waals surface area (Å²) in [4.78, 5) is 0. The van der Waals surface area contributed by atoms with Crippen molar-refractivity contribution in [3.8, 4) is 5.75 Å². The van der Waals surface area contributed by atoms with E-state index >= 15 is 0 Å². The van der Waals surface area contributed by atoms with E-state index in [1.807, 2.05) is 6.07 Å². The number of phenols is 1. The normalized spacial score (nSPS) is 16.0. The van der Waals surface area contributed by atoms with E-state index in [9.17, 15) is 5.11 Å². The molecule has 0 saturated heterocycles. The average Bonchev–Trinajstić information content (AvgIpc) is 2.36. The molecule has 0 amide bonds. The van der Waals surface area contributed by atoms with Crippen molar-refractivity contribution in [1.82, 2.24) is 0 Å². The molecule has 1 N–H and O–H groups in total. The Balaban J connectivity index is 2.59. The maximum atomic E-state index is 9.35. The monoisotopic (exact) mass is 247 g/mol. The van der Waals surface area contributed by atoms with Crippen LogP contribution in [-0.2, 0) is 8.86 Å². The van der Waals surface area contributed by atoms with Gasteiger partial charge in [0.05, 0.1) is 0 Å². The minimum absolute atomic E-state index is 0.336. The van der Waals surface area contributed by atoms with Gasteiger partial charge in [-0.25, -0.2) is 0 Å². The molecule has 0 aliphatic carbocycles. The second kappa shape index (κ2) is 2.42. The summed E-state index contributed by atoms with van der Waals surface area (Å²) in [5, 5.41) is 9.35. The van der Waals surface area contributed by atoms with E-state index in [2.05, 4.69) is 6.07 Å². The molecule has 0 aromatic heterocycles. The van der Waals surface area contributed by atoms with Gasteiger partial charge in [-0.2, -0.15) is 0 Å². The first-order chi connectivity index (χ1) is 4.88. The first-order valence-electron chi connectivity index (χ1n) is 3.21. The predicted octanol–water partition coefficient (Wildman–Crippen LogP) is -1.51. The first kappa shape index (κ1) is 6.46. The Morgan fingerprint density at radius 2 is 2.20 bits per heavy atom. The van der Waals surface area contributed by atoms with Crippen LogP contribution in [0.5, 0.6) is 5.75 Å². The van der Waals surface area contributed by atoms with E-state index in [-0.39, 0.29) is 0 Å². The molecule has 1 aliphatic rings. The van der Waals surface area contributed by atoms with Gasteiger partial charge in [-0.15, -0.1) is 0 Å². The van der Waals surface area contributed by atoms with Crippen LogP contribution in [-0.4, -0.2) is 5.11 Å². The van der Waals surface area contributed by atoms with Gasteiger partial charge in [0.15, 0.2) is 0 Å². The number of phenolic OH excluding ortho intramolecular Hbond substituents is 1. The topological polar surface area (TPSA) is 20.2 Å². The Labute approximate surface area is 70.3 Å². The SMILES string of the molecule is Oc1cccc2c1C[I-]C2. The number of fused-ring (bicyclic) bond motifs is 1. The molecule has 2 heteroatoms. The van der Waals surface area contributed by atoms with Crippen molar-refractivity contribution in [1.29, 1.82) is 0 Å². The molecule has 0 fully saturated rings. The van der Waals surface area contributed by atoms with Crippen LogP contribution in [0, 0.1) is 0 Å². The van der Waals surface area contributed by atoms with Gasteiger partial charge in [-0.1, -0.05) is 0 Å².